The van der Waals surface area contributed by atoms with Crippen molar-refractivity contribution in [3.63, 3.8) is 0 Å². The third-order valence-corrected chi connectivity index (χ3v) is 6.05. The van der Waals surface area contributed by atoms with Crippen molar-refractivity contribution in [2.24, 2.45) is 0 Å². The number of likely N-dealkylation sites (N-methyl/N-ethyl adjacent to an activating group) is 1. The topological polar surface area (TPSA) is 53.6 Å². The lowest BCUT2D eigenvalue weighted by molar-refractivity contribution is 0.111. The van der Waals surface area contributed by atoms with E-state index in [1.807, 2.05) is 6.07 Å². The molecule has 1 N–H and O–H groups in total. The Morgan fingerprint density at radius 2 is 2.03 bits per heavy atom. The first-order valence-corrected chi connectivity index (χ1v) is 10.7. The van der Waals surface area contributed by atoms with E-state index in [9.17, 15) is 0 Å². The predicted octanol–water partition coefficient (Wildman–Crippen LogP) is 3.44. The minimum Gasteiger partial charge on any atom is -0.493 e. The molecule has 2 aromatic rings. The summed E-state index contributed by atoms with van der Waals surface area (Å²) in [5.74, 6) is 2.68. The fourth-order valence-electron chi connectivity index (χ4n) is 4.16. The van der Waals surface area contributed by atoms with Gasteiger partial charge in [0.1, 0.15) is 5.82 Å². The van der Waals surface area contributed by atoms with Gasteiger partial charge in [0, 0.05) is 37.8 Å². The van der Waals surface area contributed by atoms with Crippen molar-refractivity contribution < 1.29 is 9.47 Å². The molecule has 6 heteroatoms. The lowest BCUT2D eigenvalue weighted by Crippen LogP contribution is -2.46. The van der Waals surface area contributed by atoms with E-state index in [0.717, 1.165) is 56.3 Å². The van der Waals surface area contributed by atoms with Gasteiger partial charge in [-0.3, -0.25) is 4.90 Å². The summed E-state index contributed by atoms with van der Waals surface area (Å²) in [4.78, 5) is 13.2. The van der Waals surface area contributed by atoms with Gasteiger partial charge in [-0.15, -0.1) is 0 Å². The van der Waals surface area contributed by atoms with E-state index in [1.165, 1.54) is 29.8 Å². The van der Waals surface area contributed by atoms with Crippen molar-refractivity contribution >= 4 is 0 Å². The molecule has 6 nitrogen and oxygen atoms in total. The molecule has 1 atom stereocenters. The van der Waals surface area contributed by atoms with Crippen LogP contribution in [-0.2, 0) is 19.4 Å². The second-order valence-corrected chi connectivity index (χ2v) is 8.06. The molecule has 0 saturated carbocycles. The molecule has 1 aliphatic rings. The molecule has 0 aliphatic carbocycles. The first-order valence-electron chi connectivity index (χ1n) is 10.7. The second kappa shape index (κ2) is 10.1. The van der Waals surface area contributed by atoms with Crippen LogP contribution in [0.25, 0.3) is 0 Å². The Morgan fingerprint density at radius 3 is 2.72 bits per heavy atom. The summed E-state index contributed by atoms with van der Waals surface area (Å²) in [6, 6.07) is 6.81. The number of hydrogen-bond acceptors (Lipinski definition) is 5. The number of nitrogens with zero attached hydrogens (tertiary/aromatic N) is 3. The first-order chi connectivity index (χ1) is 14.0. The van der Waals surface area contributed by atoms with Gasteiger partial charge in [0.2, 0.25) is 0 Å². The highest BCUT2D eigenvalue weighted by molar-refractivity contribution is 5.42. The van der Waals surface area contributed by atoms with Gasteiger partial charge in [-0.25, -0.2) is 4.98 Å². The highest BCUT2D eigenvalue weighted by Crippen LogP contribution is 2.28. The van der Waals surface area contributed by atoms with Crippen LogP contribution in [0.15, 0.2) is 18.2 Å². The number of nitrogens with one attached hydrogen (secondary N) is 1. The maximum absolute atomic E-state index is 5.44. The maximum atomic E-state index is 5.44. The molecule has 0 radical (unpaired) electrons. The van der Waals surface area contributed by atoms with Gasteiger partial charge in [-0.2, -0.15) is 0 Å². The fourth-order valence-corrected chi connectivity index (χ4v) is 4.16. The van der Waals surface area contributed by atoms with Crippen LogP contribution in [-0.4, -0.2) is 66.7 Å². The summed E-state index contributed by atoms with van der Waals surface area (Å²) >= 11 is 0. The van der Waals surface area contributed by atoms with Crippen LogP contribution in [0.5, 0.6) is 11.5 Å². The van der Waals surface area contributed by atoms with Gasteiger partial charge in [0.15, 0.2) is 11.5 Å². The van der Waals surface area contributed by atoms with Crippen molar-refractivity contribution in [1.82, 2.24) is 19.8 Å². The van der Waals surface area contributed by atoms with E-state index in [-0.39, 0.29) is 0 Å². The van der Waals surface area contributed by atoms with Gasteiger partial charge < -0.3 is 19.4 Å². The Morgan fingerprint density at radius 1 is 1.24 bits per heavy atom. The molecule has 29 heavy (non-hydrogen) atoms. The molecule has 0 unspecified atom stereocenters. The highest BCUT2D eigenvalue weighted by atomic mass is 16.5. The predicted molar refractivity (Wildman–Crippen MR) is 117 cm³/mol. The fraction of sp³-hybridized carbons (Fsp3) is 0.609. The third-order valence-electron chi connectivity index (χ3n) is 6.05. The minimum absolute atomic E-state index is 0.591. The number of imidazole rings is 1. The summed E-state index contributed by atoms with van der Waals surface area (Å²) < 4.78 is 10.8. The first kappa shape index (κ1) is 21.7. The Balaban J connectivity index is 1.54. The van der Waals surface area contributed by atoms with Gasteiger partial charge in [0.05, 0.1) is 19.9 Å². The normalized spacial score (nSPS) is 17.7. The largest absolute Gasteiger partial charge is 0.493 e. The second-order valence-electron chi connectivity index (χ2n) is 8.06. The van der Waals surface area contributed by atoms with Gasteiger partial charge in [0.25, 0.3) is 0 Å². The molecule has 1 fully saturated rings. The number of methoxy groups -OCH3 is 2. The molecule has 1 aromatic carbocycles. The summed E-state index contributed by atoms with van der Waals surface area (Å²) in [7, 11) is 5.62. The van der Waals surface area contributed by atoms with E-state index in [2.05, 4.69) is 47.8 Å². The van der Waals surface area contributed by atoms with Crippen LogP contribution in [0.4, 0.5) is 0 Å². The smallest absolute Gasteiger partial charge is 0.160 e. The van der Waals surface area contributed by atoms with Gasteiger partial charge in [-0.1, -0.05) is 13.0 Å². The van der Waals surface area contributed by atoms with Gasteiger partial charge >= 0.3 is 0 Å². The monoisotopic (exact) mass is 400 g/mol. The Kier molecular flexibility index (Phi) is 7.56. The lowest BCUT2D eigenvalue weighted by atomic mass is 10.0. The van der Waals surface area contributed by atoms with Crippen LogP contribution in [0.3, 0.4) is 0 Å². The Labute approximate surface area is 175 Å². The summed E-state index contributed by atoms with van der Waals surface area (Å²) in [5.41, 5.74) is 3.70. The van der Waals surface area contributed by atoms with Crippen molar-refractivity contribution in [2.45, 2.75) is 52.1 Å². The van der Waals surface area contributed by atoms with Crippen molar-refractivity contribution in [1.29, 1.82) is 0 Å². The number of aryl methyl sites for hydroxylation is 2. The highest BCUT2D eigenvalue weighted by Gasteiger charge is 2.24. The number of aromatic nitrogens is 2. The minimum atomic E-state index is 0.591. The average Bonchev–Trinajstić information content (AvgIpc) is 3.11. The number of rotatable bonds is 9. The Bertz CT molecular complexity index is 789. The number of piperidine rings is 1. The van der Waals surface area contributed by atoms with Crippen LogP contribution < -0.4 is 9.47 Å². The van der Waals surface area contributed by atoms with Crippen LogP contribution >= 0.6 is 0 Å². The van der Waals surface area contributed by atoms with Crippen LogP contribution in [0.1, 0.15) is 42.5 Å². The van der Waals surface area contributed by atoms with Gasteiger partial charge in [-0.05, 0) is 57.5 Å². The molecule has 1 saturated heterocycles. The summed E-state index contributed by atoms with van der Waals surface area (Å²) in [6.07, 6.45) is 4.47. The molecule has 1 aliphatic heterocycles. The number of benzene rings is 1. The zero-order valence-electron chi connectivity index (χ0n) is 18.6. The van der Waals surface area contributed by atoms with Crippen LogP contribution in [0.2, 0.25) is 0 Å². The number of ether oxygens (including phenoxy) is 2. The SMILES string of the molecule is CCc1nc(CN2CCC[C@H](N(C)CCc3ccc(OC)c(OC)c3)C2)c(C)[nH]1. The molecular formula is C23H36N4O2. The van der Waals surface area contributed by atoms with E-state index in [0.29, 0.717) is 6.04 Å². The van der Waals surface area contributed by atoms with Crippen molar-refractivity contribution in [3.05, 3.63) is 41.0 Å². The van der Waals surface area contributed by atoms with Crippen LogP contribution in [0, 0.1) is 6.92 Å². The number of H-pyrrole nitrogens is 1. The Hall–Kier alpha value is -2.05. The molecular weight excluding hydrogens is 364 g/mol. The molecule has 1 aromatic heterocycles. The standard InChI is InChI=1S/C23H36N4O2/c1-6-23-24-17(2)20(25-23)16-27-12-7-8-19(15-27)26(3)13-11-18-9-10-21(28-4)22(14-18)29-5/h9-10,14,19H,6-8,11-13,15-16H2,1-5H3,(H,24,25)/t19-/m0/s1. The zero-order chi connectivity index (χ0) is 20.8. The van der Waals surface area contributed by atoms with E-state index >= 15 is 0 Å². The zero-order valence-corrected chi connectivity index (χ0v) is 18.6. The van der Waals surface area contributed by atoms with E-state index in [4.69, 9.17) is 14.5 Å². The number of hydrogen-bond donors (Lipinski definition) is 1. The average molecular weight is 401 g/mol. The van der Waals surface area contributed by atoms with E-state index in [1.54, 1.807) is 14.2 Å². The maximum Gasteiger partial charge on any atom is 0.160 e. The summed E-state index contributed by atoms with van der Waals surface area (Å²) in [6.45, 7) is 8.53. The summed E-state index contributed by atoms with van der Waals surface area (Å²) in [5, 5.41) is 0. The van der Waals surface area contributed by atoms with Crippen molar-refractivity contribution in [3.8, 4) is 11.5 Å². The van der Waals surface area contributed by atoms with Crippen molar-refractivity contribution in [2.75, 3.05) is 40.9 Å². The van der Waals surface area contributed by atoms with E-state index < -0.39 is 0 Å². The molecule has 0 amide bonds. The number of aromatic amines is 1. The number of likely N-dealkylation sites (tertiary alicyclic amines) is 1. The third kappa shape index (κ3) is 5.52. The molecule has 0 spiro atoms. The quantitative estimate of drug-likeness (QED) is 0.699. The molecule has 3 rings (SSSR count). The molecule has 160 valence electrons. The molecule has 2 heterocycles. The lowest BCUT2D eigenvalue weighted by Gasteiger charge is -2.37. The molecule has 0 bridgehead atoms.